The summed E-state index contributed by atoms with van der Waals surface area (Å²) in [6.45, 7) is 5.87. The molecule has 2 rings (SSSR count). The molecule has 1 heterocycles. The van der Waals surface area contributed by atoms with E-state index in [-0.39, 0.29) is 24.0 Å². The van der Waals surface area contributed by atoms with Gasteiger partial charge in [-0.3, -0.25) is 4.68 Å². The van der Waals surface area contributed by atoms with E-state index in [4.69, 9.17) is 0 Å². The number of aliphatic imine (C=N–C) groups is 1. The Balaban J connectivity index is 0.00000338. The molecule has 1 saturated carbocycles. The van der Waals surface area contributed by atoms with Crippen LogP contribution >= 0.6 is 24.0 Å². The second kappa shape index (κ2) is 11.8. The van der Waals surface area contributed by atoms with Gasteiger partial charge in [0.2, 0.25) is 0 Å². The lowest BCUT2D eigenvalue weighted by molar-refractivity contribution is 0.0672. The summed E-state index contributed by atoms with van der Waals surface area (Å²) in [7, 11) is 1.85. The maximum Gasteiger partial charge on any atom is 0.191 e. The van der Waals surface area contributed by atoms with Gasteiger partial charge in [-0.15, -0.1) is 24.0 Å². The number of hydrogen-bond donors (Lipinski definition) is 3. The largest absolute Gasteiger partial charge is 0.383 e. The van der Waals surface area contributed by atoms with Crippen molar-refractivity contribution in [3.05, 3.63) is 18.0 Å². The van der Waals surface area contributed by atoms with Crippen molar-refractivity contribution >= 4 is 29.9 Å². The van der Waals surface area contributed by atoms with Crippen LogP contribution in [-0.2, 0) is 12.6 Å². The van der Waals surface area contributed by atoms with Crippen LogP contribution in [-0.4, -0.2) is 40.5 Å². The van der Waals surface area contributed by atoms with Gasteiger partial charge >= 0.3 is 0 Å². The summed E-state index contributed by atoms with van der Waals surface area (Å²) in [6, 6.07) is 0. The number of nitrogens with one attached hydrogen (secondary N) is 2. The number of aryl methyl sites for hydroxylation is 1. The van der Waals surface area contributed by atoms with Crippen LogP contribution in [0.5, 0.6) is 0 Å². The molecular formula is C19H36IN5O. The summed E-state index contributed by atoms with van der Waals surface area (Å²) in [6.07, 6.45) is 13.1. The molecule has 1 atom stereocenters. The highest BCUT2D eigenvalue weighted by Gasteiger charge is 2.24. The summed E-state index contributed by atoms with van der Waals surface area (Å²) in [5, 5.41) is 21.4. The third kappa shape index (κ3) is 7.82. The average Bonchev–Trinajstić information content (AvgIpc) is 3.05. The van der Waals surface area contributed by atoms with Crippen molar-refractivity contribution in [2.45, 2.75) is 64.4 Å². The molecule has 1 fully saturated rings. The Morgan fingerprint density at radius 2 is 2.08 bits per heavy atom. The molecule has 0 amide bonds. The number of rotatable bonds is 8. The lowest BCUT2D eigenvalue weighted by atomic mass is 9.86. The first-order chi connectivity index (χ1) is 12.0. The fourth-order valence-electron chi connectivity index (χ4n) is 3.44. The third-order valence-electron chi connectivity index (χ3n) is 5.02. The molecule has 0 saturated heterocycles. The monoisotopic (exact) mass is 477 g/mol. The second-order valence-electron chi connectivity index (χ2n) is 7.44. The standard InChI is InChI=1S/C19H35N5O.HI/c1-4-20-18(21-12-8-11-16-9-6-5-7-10-16)22-15-19(2,25)17-13-23-24(3)14-17;/h13-14,16,25H,4-12,15H2,1-3H3,(H2,20,21,22);1H. The first-order valence-electron chi connectivity index (χ1n) is 9.75. The fraction of sp³-hybridized carbons (Fsp3) is 0.789. The molecule has 1 aromatic rings. The minimum atomic E-state index is -1.02. The zero-order valence-corrected chi connectivity index (χ0v) is 18.8. The molecule has 26 heavy (non-hydrogen) atoms. The number of nitrogens with zero attached hydrogens (tertiary/aromatic N) is 3. The fourth-order valence-corrected chi connectivity index (χ4v) is 3.44. The van der Waals surface area contributed by atoms with Crippen LogP contribution in [0.1, 0.15) is 64.4 Å². The van der Waals surface area contributed by atoms with Crippen LogP contribution in [0.2, 0.25) is 0 Å². The number of halogens is 1. The van der Waals surface area contributed by atoms with Gasteiger partial charge in [0, 0.05) is 31.9 Å². The molecule has 0 spiro atoms. The predicted octanol–water partition coefficient (Wildman–Crippen LogP) is 3.16. The summed E-state index contributed by atoms with van der Waals surface area (Å²) in [5.41, 5.74) is -0.231. The number of hydrogen-bond acceptors (Lipinski definition) is 3. The Labute approximate surface area is 175 Å². The van der Waals surface area contributed by atoms with Crippen LogP contribution in [0.25, 0.3) is 0 Å². The first kappa shape index (κ1) is 23.2. The molecular weight excluding hydrogens is 441 g/mol. The van der Waals surface area contributed by atoms with E-state index >= 15 is 0 Å². The summed E-state index contributed by atoms with van der Waals surface area (Å²) in [4.78, 5) is 4.56. The Morgan fingerprint density at radius 1 is 1.35 bits per heavy atom. The topological polar surface area (TPSA) is 74.5 Å². The zero-order chi connectivity index (χ0) is 18.1. The van der Waals surface area contributed by atoms with Crippen LogP contribution in [0, 0.1) is 5.92 Å². The Bertz CT molecular complexity index is 538. The number of aromatic nitrogens is 2. The highest BCUT2D eigenvalue weighted by molar-refractivity contribution is 14.0. The van der Waals surface area contributed by atoms with E-state index in [9.17, 15) is 5.11 Å². The Morgan fingerprint density at radius 3 is 2.69 bits per heavy atom. The number of guanidine groups is 1. The second-order valence-corrected chi connectivity index (χ2v) is 7.44. The SMILES string of the molecule is CCNC(=NCC(C)(O)c1cnn(C)c1)NCCCC1CCCCC1.I. The molecule has 150 valence electrons. The van der Waals surface area contributed by atoms with Gasteiger partial charge in [0.1, 0.15) is 5.60 Å². The van der Waals surface area contributed by atoms with E-state index in [1.54, 1.807) is 17.8 Å². The molecule has 0 aromatic carbocycles. The smallest absolute Gasteiger partial charge is 0.191 e. The Hall–Kier alpha value is -0.830. The van der Waals surface area contributed by atoms with Gasteiger partial charge in [0.15, 0.2) is 5.96 Å². The van der Waals surface area contributed by atoms with Gasteiger partial charge < -0.3 is 15.7 Å². The highest BCUT2D eigenvalue weighted by Crippen LogP contribution is 2.27. The minimum absolute atomic E-state index is 0. The summed E-state index contributed by atoms with van der Waals surface area (Å²) < 4.78 is 1.70. The molecule has 1 unspecified atom stereocenters. The van der Waals surface area contributed by atoms with Crippen LogP contribution < -0.4 is 10.6 Å². The molecule has 0 bridgehead atoms. The van der Waals surface area contributed by atoms with Crippen molar-refractivity contribution in [3.63, 3.8) is 0 Å². The lowest BCUT2D eigenvalue weighted by Crippen LogP contribution is -2.39. The van der Waals surface area contributed by atoms with E-state index in [0.29, 0.717) is 6.54 Å². The number of aliphatic hydroxyl groups is 1. The maximum absolute atomic E-state index is 10.6. The maximum atomic E-state index is 10.6. The van der Waals surface area contributed by atoms with E-state index < -0.39 is 5.60 Å². The summed E-state index contributed by atoms with van der Waals surface area (Å²) in [5.74, 6) is 1.69. The third-order valence-corrected chi connectivity index (χ3v) is 5.02. The molecule has 1 aliphatic rings. The van der Waals surface area contributed by atoms with Crippen LogP contribution in [0.4, 0.5) is 0 Å². The first-order valence-corrected chi connectivity index (χ1v) is 9.75. The predicted molar refractivity (Wildman–Crippen MR) is 118 cm³/mol. The van der Waals surface area contributed by atoms with Crippen molar-refractivity contribution in [2.24, 2.45) is 18.0 Å². The molecule has 0 aliphatic heterocycles. The van der Waals surface area contributed by atoms with Crippen LogP contribution in [0.3, 0.4) is 0 Å². The van der Waals surface area contributed by atoms with Crippen molar-refractivity contribution in [1.29, 1.82) is 0 Å². The van der Waals surface area contributed by atoms with Crippen LogP contribution in [0.15, 0.2) is 17.4 Å². The summed E-state index contributed by atoms with van der Waals surface area (Å²) >= 11 is 0. The normalized spacial score (nSPS) is 18.1. The van der Waals surface area contributed by atoms with E-state index in [1.165, 1.54) is 44.9 Å². The van der Waals surface area contributed by atoms with E-state index in [1.807, 2.05) is 13.2 Å². The quantitative estimate of drug-likeness (QED) is 0.233. The van der Waals surface area contributed by atoms with Gasteiger partial charge in [-0.2, -0.15) is 5.10 Å². The van der Waals surface area contributed by atoms with Gasteiger partial charge in [-0.25, -0.2) is 4.99 Å². The van der Waals surface area contributed by atoms with Crippen molar-refractivity contribution in [1.82, 2.24) is 20.4 Å². The van der Waals surface area contributed by atoms with Crippen molar-refractivity contribution in [3.8, 4) is 0 Å². The van der Waals surface area contributed by atoms with Crippen molar-refractivity contribution in [2.75, 3.05) is 19.6 Å². The van der Waals surface area contributed by atoms with E-state index in [0.717, 1.165) is 30.5 Å². The minimum Gasteiger partial charge on any atom is -0.383 e. The molecule has 7 heteroatoms. The highest BCUT2D eigenvalue weighted by atomic mass is 127. The molecule has 0 radical (unpaired) electrons. The van der Waals surface area contributed by atoms with Gasteiger partial charge in [-0.05, 0) is 32.6 Å². The van der Waals surface area contributed by atoms with E-state index in [2.05, 4.69) is 27.6 Å². The lowest BCUT2D eigenvalue weighted by Gasteiger charge is -2.22. The average molecular weight is 477 g/mol. The van der Waals surface area contributed by atoms with Gasteiger partial charge in [0.25, 0.3) is 0 Å². The molecule has 6 nitrogen and oxygen atoms in total. The van der Waals surface area contributed by atoms with Gasteiger partial charge in [0.05, 0.1) is 12.7 Å². The van der Waals surface area contributed by atoms with Gasteiger partial charge in [-0.1, -0.05) is 32.1 Å². The molecule has 1 aromatic heterocycles. The zero-order valence-electron chi connectivity index (χ0n) is 16.5. The molecule has 3 N–H and O–H groups in total. The Kier molecular flexibility index (Phi) is 10.5. The molecule has 1 aliphatic carbocycles. The van der Waals surface area contributed by atoms with Crippen molar-refractivity contribution < 1.29 is 5.11 Å².